The maximum atomic E-state index is 11.9. The number of ether oxygens (including phenoxy) is 1. The van der Waals surface area contributed by atoms with Crippen molar-refractivity contribution >= 4 is 0 Å². The normalized spacial score (nSPS) is 12.3. The third-order valence-corrected chi connectivity index (χ3v) is 2.23. The first-order valence-corrected chi connectivity index (χ1v) is 5.90. The van der Waals surface area contributed by atoms with Crippen molar-refractivity contribution in [2.24, 2.45) is 0 Å². The molecule has 0 fully saturated rings. The summed E-state index contributed by atoms with van der Waals surface area (Å²) in [4.78, 5) is 4.10. The van der Waals surface area contributed by atoms with Gasteiger partial charge in [0.05, 0.1) is 12.3 Å². The lowest BCUT2D eigenvalue weighted by Crippen LogP contribution is -2.35. The van der Waals surface area contributed by atoms with Crippen LogP contribution in [0.1, 0.15) is 32.2 Å². The Hall–Kier alpha value is -1.01. The fourth-order valence-electron chi connectivity index (χ4n) is 1.33. The van der Waals surface area contributed by atoms with Crippen molar-refractivity contribution in [2.45, 2.75) is 45.7 Å². The molecule has 0 spiro atoms. The van der Waals surface area contributed by atoms with Crippen LogP contribution in [0.25, 0.3) is 0 Å². The lowest BCUT2D eigenvalue weighted by Gasteiger charge is -2.19. The second kappa shape index (κ2) is 6.80. The number of hydrogen-bond donors (Lipinski definition) is 1. The van der Waals surface area contributed by atoms with Crippen LogP contribution in [-0.2, 0) is 17.7 Å². The Labute approximate surface area is 106 Å². The molecule has 0 radical (unpaired) electrons. The summed E-state index contributed by atoms with van der Waals surface area (Å²) in [5.74, 6) is 0.681. The molecule has 0 amide bonds. The number of hydrogen-bond acceptors (Lipinski definition) is 4. The highest BCUT2D eigenvalue weighted by molar-refractivity contribution is 5.07. The summed E-state index contributed by atoms with van der Waals surface area (Å²) in [7, 11) is 0. The molecule has 1 heterocycles. The van der Waals surface area contributed by atoms with E-state index in [1.165, 1.54) is 6.39 Å². The van der Waals surface area contributed by atoms with E-state index in [-0.39, 0.29) is 12.1 Å². The predicted octanol–water partition coefficient (Wildman–Crippen LogP) is 2.39. The monoisotopic (exact) mass is 262 g/mol. The van der Waals surface area contributed by atoms with Gasteiger partial charge in [-0.25, -0.2) is 13.8 Å². The molecule has 0 aliphatic carbocycles. The molecule has 1 N–H and O–H groups in total. The van der Waals surface area contributed by atoms with Crippen LogP contribution in [0.15, 0.2) is 10.8 Å². The van der Waals surface area contributed by atoms with E-state index in [1.807, 2.05) is 0 Å². The van der Waals surface area contributed by atoms with E-state index < -0.39 is 13.0 Å². The summed E-state index contributed by atoms with van der Waals surface area (Å²) in [6.45, 7) is 6.42. The van der Waals surface area contributed by atoms with Gasteiger partial charge in [0.15, 0.2) is 6.39 Å². The first-order chi connectivity index (χ1) is 8.38. The van der Waals surface area contributed by atoms with Gasteiger partial charge in [0.2, 0.25) is 0 Å². The molecule has 1 rings (SSSR count). The average molecular weight is 262 g/mol. The van der Waals surface area contributed by atoms with Gasteiger partial charge in [0.1, 0.15) is 12.4 Å². The van der Waals surface area contributed by atoms with Crippen LogP contribution in [0.3, 0.4) is 0 Å². The minimum atomic E-state index is -2.43. The van der Waals surface area contributed by atoms with Gasteiger partial charge in [-0.15, -0.1) is 0 Å². The summed E-state index contributed by atoms with van der Waals surface area (Å²) in [6, 6.07) is 0. The third kappa shape index (κ3) is 6.07. The highest BCUT2D eigenvalue weighted by atomic mass is 19.3. The van der Waals surface area contributed by atoms with E-state index in [0.717, 1.165) is 5.69 Å². The molecule has 1 aromatic rings. The van der Waals surface area contributed by atoms with Crippen molar-refractivity contribution in [3.63, 3.8) is 0 Å². The van der Waals surface area contributed by atoms with E-state index in [2.05, 4.69) is 31.1 Å². The number of nitrogens with one attached hydrogen (secondary N) is 1. The smallest absolute Gasteiger partial charge is 0.261 e. The van der Waals surface area contributed by atoms with Crippen molar-refractivity contribution < 1.29 is 17.9 Å². The lowest BCUT2D eigenvalue weighted by molar-refractivity contribution is 0.0176. The molecule has 0 aliphatic rings. The predicted molar refractivity (Wildman–Crippen MR) is 63.6 cm³/mol. The fraction of sp³-hybridized carbons (Fsp3) is 0.750. The second-order valence-corrected chi connectivity index (χ2v) is 5.04. The van der Waals surface area contributed by atoms with Crippen LogP contribution in [0.5, 0.6) is 0 Å². The molecule has 6 heteroatoms. The number of aromatic nitrogens is 1. The Morgan fingerprint density at radius 1 is 1.44 bits per heavy atom. The number of halogens is 2. The summed E-state index contributed by atoms with van der Waals surface area (Å²) >= 11 is 0. The molecule has 1 aromatic heterocycles. The first-order valence-electron chi connectivity index (χ1n) is 5.90. The first kappa shape index (κ1) is 15.0. The Kier molecular flexibility index (Phi) is 5.68. The lowest BCUT2D eigenvalue weighted by atomic mass is 10.1. The summed E-state index contributed by atoms with van der Waals surface area (Å²) < 4.78 is 33.8. The minimum Gasteiger partial charge on any atom is -0.448 e. The highest BCUT2D eigenvalue weighted by Gasteiger charge is 2.13. The molecule has 0 aromatic carbocycles. The van der Waals surface area contributed by atoms with Crippen molar-refractivity contribution in [1.29, 1.82) is 0 Å². The van der Waals surface area contributed by atoms with Crippen molar-refractivity contribution in [3.05, 3.63) is 17.8 Å². The van der Waals surface area contributed by atoms with Crippen LogP contribution >= 0.6 is 0 Å². The maximum absolute atomic E-state index is 11.9. The summed E-state index contributed by atoms with van der Waals surface area (Å²) in [5, 5.41) is 3.29. The Bertz CT molecular complexity index is 348. The molecule has 0 bridgehead atoms. The van der Waals surface area contributed by atoms with E-state index in [4.69, 9.17) is 9.15 Å². The van der Waals surface area contributed by atoms with Crippen LogP contribution in [-0.4, -0.2) is 30.2 Å². The topological polar surface area (TPSA) is 47.3 Å². The molecule has 104 valence electrons. The largest absolute Gasteiger partial charge is 0.448 e. The van der Waals surface area contributed by atoms with Crippen LogP contribution < -0.4 is 5.32 Å². The zero-order valence-electron chi connectivity index (χ0n) is 11.0. The highest BCUT2D eigenvalue weighted by Crippen LogP contribution is 2.10. The standard InChI is InChI=1S/C12H20F2N2O2/c1-12(2,3)16-6-9-10(18-8-15-9)4-5-17-7-11(13)14/h8,11,16H,4-7H2,1-3H3. The molecule has 0 saturated heterocycles. The van der Waals surface area contributed by atoms with E-state index >= 15 is 0 Å². The molecule has 4 nitrogen and oxygen atoms in total. The zero-order valence-corrected chi connectivity index (χ0v) is 11.0. The Balaban J connectivity index is 2.35. The van der Waals surface area contributed by atoms with Gasteiger partial charge in [0, 0.05) is 18.5 Å². The number of oxazole rings is 1. The molecule has 0 aliphatic heterocycles. The second-order valence-electron chi connectivity index (χ2n) is 5.04. The molecular formula is C12H20F2N2O2. The molecule has 0 unspecified atom stereocenters. The fourth-order valence-corrected chi connectivity index (χ4v) is 1.33. The van der Waals surface area contributed by atoms with Crippen LogP contribution in [0.2, 0.25) is 0 Å². The van der Waals surface area contributed by atoms with Crippen LogP contribution in [0, 0.1) is 0 Å². The van der Waals surface area contributed by atoms with Crippen molar-refractivity contribution in [2.75, 3.05) is 13.2 Å². The SMILES string of the molecule is CC(C)(C)NCc1ncoc1CCOCC(F)F. The average Bonchev–Trinajstić information content (AvgIpc) is 2.68. The van der Waals surface area contributed by atoms with Gasteiger partial charge in [-0.1, -0.05) is 0 Å². The van der Waals surface area contributed by atoms with Crippen LogP contribution in [0.4, 0.5) is 8.78 Å². The zero-order chi connectivity index (χ0) is 13.6. The minimum absolute atomic E-state index is 0.0115. The van der Waals surface area contributed by atoms with Crippen molar-refractivity contribution in [3.8, 4) is 0 Å². The number of rotatable bonds is 7. The molecular weight excluding hydrogens is 242 g/mol. The number of nitrogens with zero attached hydrogens (tertiary/aromatic N) is 1. The quantitative estimate of drug-likeness (QED) is 0.766. The third-order valence-electron chi connectivity index (χ3n) is 2.23. The summed E-state index contributed by atoms with van der Waals surface area (Å²) in [6.07, 6.45) is -0.613. The van der Waals surface area contributed by atoms with E-state index in [0.29, 0.717) is 18.7 Å². The van der Waals surface area contributed by atoms with Gasteiger partial charge < -0.3 is 14.5 Å². The van der Waals surface area contributed by atoms with Gasteiger partial charge in [-0.2, -0.15) is 0 Å². The van der Waals surface area contributed by atoms with Gasteiger partial charge in [0.25, 0.3) is 6.43 Å². The summed E-state index contributed by atoms with van der Waals surface area (Å²) in [5.41, 5.74) is 0.785. The van der Waals surface area contributed by atoms with E-state index in [1.54, 1.807) is 0 Å². The molecule has 0 saturated carbocycles. The maximum Gasteiger partial charge on any atom is 0.261 e. The Morgan fingerprint density at radius 2 is 2.17 bits per heavy atom. The molecule has 18 heavy (non-hydrogen) atoms. The van der Waals surface area contributed by atoms with E-state index in [9.17, 15) is 8.78 Å². The number of alkyl halides is 2. The van der Waals surface area contributed by atoms with Gasteiger partial charge in [-0.3, -0.25) is 0 Å². The van der Waals surface area contributed by atoms with Crippen molar-refractivity contribution in [1.82, 2.24) is 10.3 Å². The van der Waals surface area contributed by atoms with Gasteiger partial charge >= 0.3 is 0 Å². The van der Waals surface area contributed by atoms with Gasteiger partial charge in [-0.05, 0) is 20.8 Å². The molecule has 0 atom stereocenters. The Morgan fingerprint density at radius 3 is 2.78 bits per heavy atom.